The van der Waals surface area contributed by atoms with Gasteiger partial charge in [0.15, 0.2) is 0 Å². The van der Waals surface area contributed by atoms with Gasteiger partial charge in [-0.05, 0) is 37.8 Å². The zero-order valence-electron chi connectivity index (χ0n) is 11.0. The van der Waals surface area contributed by atoms with E-state index < -0.39 is 29.4 Å². The monoisotopic (exact) mass is 283 g/mol. The molecule has 1 aromatic rings. The molecule has 0 aromatic heterocycles. The first kappa shape index (κ1) is 14.4. The Hall–Kier alpha value is -1.98. The van der Waals surface area contributed by atoms with Crippen LogP contribution in [0.2, 0.25) is 0 Å². The van der Waals surface area contributed by atoms with Crippen molar-refractivity contribution in [3.8, 4) is 0 Å². The third kappa shape index (κ3) is 2.95. The van der Waals surface area contributed by atoms with Crippen LogP contribution in [0.4, 0.5) is 8.78 Å². The highest BCUT2D eigenvalue weighted by atomic mass is 19.1. The number of carbonyl (C=O) groups excluding carboxylic acids is 1. The number of hydrogen-bond donors (Lipinski definition) is 2. The number of benzene rings is 1. The molecule has 4 nitrogen and oxygen atoms in total. The summed E-state index contributed by atoms with van der Waals surface area (Å²) in [6.07, 6.45) is 1.37. The lowest BCUT2D eigenvalue weighted by molar-refractivity contribution is -0.141. The Bertz CT molecular complexity index is 560. The Morgan fingerprint density at radius 1 is 1.25 bits per heavy atom. The average Bonchev–Trinajstić information content (AvgIpc) is 2.82. The molecule has 0 aliphatic heterocycles. The van der Waals surface area contributed by atoms with E-state index in [1.165, 1.54) is 6.92 Å². The fourth-order valence-corrected chi connectivity index (χ4v) is 2.43. The predicted octanol–water partition coefficient (Wildman–Crippen LogP) is 2.26. The lowest BCUT2D eigenvalue weighted by Gasteiger charge is -2.13. The number of amides is 1. The van der Waals surface area contributed by atoms with Gasteiger partial charge in [0.1, 0.15) is 11.6 Å². The van der Waals surface area contributed by atoms with Crippen molar-refractivity contribution in [2.75, 3.05) is 0 Å². The van der Waals surface area contributed by atoms with Gasteiger partial charge in [-0.2, -0.15) is 0 Å². The second-order valence-electron chi connectivity index (χ2n) is 5.10. The van der Waals surface area contributed by atoms with Crippen LogP contribution in [-0.2, 0) is 4.79 Å². The Labute approximate surface area is 114 Å². The van der Waals surface area contributed by atoms with Crippen molar-refractivity contribution in [1.29, 1.82) is 0 Å². The molecule has 108 valence electrons. The third-order valence-electron chi connectivity index (χ3n) is 3.61. The molecule has 0 radical (unpaired) electrons. The molecule has 1 saturated carbocycles. The Balaban J connectivity index is 2.06. The molecule has 0 spiro atoms. The van der Waals surface area contributed by atoms with Crippen LogP contribution in [0.3, 0.4) is 0 Å². The number of carboxylic acids is 1. The number of halogens is 2. The summed E-state index contributed by atoms with van der Waals surface area (Å²) in [4.78, 5) is 22.8. The van der Waals surface area contributed by atoms with Crippen LogP contribution in [0.25, 0.3) is 0 Å². The standard InChI is InChI=1S/C14H15F2NO3/c1-7-4-10(12(16)6-11(7)15)13(18)17-9-3-2-8(5-9)14(19)20/h4,6,8-9H,2-3,5H2,1H3,(H,17,18)(H,19,20)/t8-,9+/m1/s1. The summed E-state index contributed by atoms with van der Waals surface area (Å²) >= 11 is 0. The maximum atomic E-state index is 13.6. The van der Waals surface area contributed by atoms with Gasteiger partial charge in [-0.3, -0.25) is 9.59 Å². The van der Waals surface area contributed by atoms with Crippen LogP contribution in [-0.4, -0.2) is 23.0 Å². The minimum Gasteiger partial charge on any atom is -0.481 e. The van der Waals surface area contributed by atoms with Crippen molar-refractivity contribution >= 4 is 11.9 Å². The average molecular weight is 283 g/mol. The van der Waals surface area contributed by atoms with Gasteiger partial charge in [0.2, 0.25) is 0 Å². The van der Waals surface area contributed by atoms with E-state index in [9.17, 15) is 18.4 Å². The van der Waals surface area contributed by atoms with E-state index in [0.717, 1.165) is 6.07 Å². The van der Waals surface area contributed by atoms with Gasteiger partial charge in [0.05, 0.1) is 11.5 Å². The van der Waals surface area contributed by atoms with Crippen LogP contribution < -0.4 is 5.32 Å². The van der Waals surface area contributed by atoms with Crippen molar-refractivity contribution < 1.29 is 23.5 Å². The maximum absolute atomic E-state index is 13.6. The number of aryl methyl sites for hydroxylation is 1. The molecule has 1 aliphatic carbocycles. The first-order valence-electron chi connectivity index (χ1n) is 6.37. The number of hydrogen-bond acceptors (Lipinski definition) is 2. The first-order valence-corrected chi connectivity index (χ1v) is 6.37. The first-order chi connectivity index (χ1) is 9.38. The normalized spacial score (nSPS) is 21.8. The van der Waals surface area contributed by atoms with Gasteiger partial charge in [-0.1, -0.05) is 0 Å². The van der Waals surface area contributed by atoms with Gasteiger partial charge >= 0.3 is 5.97 Å². The van der Waals surface area contributed by atoms with Crippen molar-refractivity contribution in [3.05, 3.63) is 34.9 Å². The fourth-order valence-electron chi connectivity index (χ4n) is 2.43. The van der Waals surface area contributed by atoms with E-state index in [1.807, 2.05) is 0 Å². The Kier molecular flexibility index (Phi) is 4.01. The second kappa shape index (κ2) is 5.56. The zero-order valence-corrected chi connectivity index (χ0v) is 11.0. The number of carbonyl (C=O) groups is 2. The lowest BCUT2D eigenvalue weighted by atomic mass is 10.1. The van der Waals surface area contributed by atoms with Crippen LogP contribution in [0, 0.1) is 24.5 Å². The summed E-state index contributed by atoms with van der Waals surface area (Å²) < 4.78 is 26.7. The van der Waals surface area contributed by atoms with Gasteiger partial charge in [0.25, 0.3) is 5.91 Å². The summed E-state index contributed by atoms with van der Waals surface area (Å²) in [6.45, 7) is 1.45. The molecule has 2 atom stereocenters. The minimum atomic E-state index is -0.918. The van der Waals surface area contributed by atoms with Crippen molar-refractivity contribution in [2.45, 2.75) is 32.2 Å². The fraction of sp³-hybridized carbons (Fsp3) is 0.429. The number of carboxylic acid groups (broad SMARTS) is 1. The van der Waals surface area contributed by atoms with Crippen molar-refractivity contribution in [1.82, 2.24) is 5.32 Å². The molecule has 0 unspecified atom stereocenters. The lowest BCUT2D eigenvalue weighted by Crippen LogP contribution is -2.34. The van der Waals surface area contributed by atoms with Crippen molar-refractivity contribution in [2.24, 2.45) is 5.92 Å². The molecule has 2 rings (SSSR count). The van der Waals surface area contributed by atoms with E-state index in [2.05, 4.69) is 5.32 Å². The van der Waals surface area contributed by atoms with E-state index in [0.29, 0.717) is 25.3 Å². The van der Waals surface area contributed by atoms with E-state index in [4.69, 9.17) is 5.11 Å². The molecule has 2 N–H and O–H groups in total. The summed E-state index contributed by atoms with van der Waals surface area (Å²) in [6, 6.07) is 1.55. The molecular weight excluding hydrogens is 268 g/mol. The number of aliphatic carboxylic acids is 1. The molecular formula is C14H15F2NO3. The molecule has 6 heteroatoms. The molecule has 0 heterocycles. The smallest absolute Gasteiger partial charge is 0.306 e. The maximum Gasteiger partial charge on any atom is 0.306 e. The quantitative estimate of drug-likeness (QED) is 0.894. The molecule has 20 heavy (non-hydrogen) atoms. The van der Waals surface area contributed by atoms with E-state index in [-0.39, 0.29) is 17.2 Å². The Morgan fingerprint density at radius 2 is 1.95 bits per heavy atom. The molecule has 1 fully saturated rings. The Morgan fingerprint density at radius 3 is 2.55 bits per heavy atom. The zero-order chi connectivity index (χ0) is 14.9. The van der Waals surface area contributed by atoms with E-state index >= 15 is 0 Å². The van der Waals surface area contributed by atoms with Crippen LogP contribution in [0.1, 0.15) is 35.2 Å². The third-order valence-corrected chi connectivity index (χ3v) is 3.61. The highest BCUT2D eigenvalue weighted by Gasteiger charge is 2.31. The van der Waals surface area contributed by atoms with Crippen LogP contribution >= 0.6 is 0 Å². The highest BCUT2D eigenvalue weighted by molar-refractivity contribution is 5.95. The summed E-state index contributed by atoms with van der Waals surface area (Å²) in [5.41, 5.74) is -0.0333. The van der Waals surface area contributed by atoms with E-state index in [1.54, 1.807) is 0 Å². The van der Waals surface area contributed by atoms with Gasteiger partial charge < -0.3 is 10.4 Å². The van der Waals surface area contributed by atoms with Gasteiger partial charge in [0, 0.05) is 12.1 Å². The van der Waals surface area contributed by atoms with Crippen LogP contribution in [0.5, 0.6) is 0 Å². The van der Waals surface area contributed by atoms with Crippen LogP contribution in [0.15, 0.2) is 12.1 Å². The minimum absolute atomic E-state index is 0.186. The SMILES string of the molecule is Cc1cc(C(=O)N[C@H]2CC[C@@H](C(=O)O)C2)c(F)cc1F. The van der Waals surface area contributed by atoms with Gasteiger partial charge in [-0.25, -0.2) is 8.78 Å². The molecule has 0 saturated heterocycles. The highest BCUT2D eigenvalue weighted by Crippen LogP contribution is 2.26. The number of rotatable bonds is 3. The molecule has 1 aliphatic rings. The topological polar surface area (TPSA) is 66.4 Å². The van der Waals surface area contributed by atoms with Crippen molar-refractivity contribution in [3.63, 3.8) is 0 Å². The molecule has 1 amide bonds. The molecule has 1 aromatic carbocycles. The second-order valence-corrected chi connectivity index (χ2v) is 5.10. The summed E-state index contributed by atoms with van der Waals surface area (Å²) in [7, 11) is 0. The summed E-state index contributed by atoms with van der Waals surface area (Å²) in [5.74, 6) is -3.61. The summed E-state index contributed by atoms with van der Waals surface area (Å²) in [5, 5.41) is 11.5. The predicted molar refractivity (Wildman–Crippen MR) is 67.3 cm³/mol. The van der Waals surface area contributed by atoms with Gasteiger partial charge in [-0.15, -0.1) is 0 Å². The number of nitrogens with one attached hydrogen (secondary N) is 1. The largest absolute Gasteiger partial charge is 0.481 e. The molecule has 0 bridgehead atoms.